The Morgan fingerprint density at radius 2 is 1.85 bits per heavy atom. The van der Waals surface area contributed by atoms with Crippen LogP contribution in [-0.2, 0) is 12.7 Å². The molecule has 1 saturated carbocycles. The normalized spacial score (nSPS) is 21.6. The van der Waals surface area contributed by atoms with E-state index in [-0.39, 0.29) is 11.4 Å². The molecule has 6 heteroatoms. The van der Waals surface area contributed by atoms with Crippen molar-refractivity contribution in [1.82, 2.24) is 4.90 Å². The van der Waals surface area contributed by atoms with Gasteiger partial charge in [0.1, 0.15) is 0 Å². The van der Waals surface area contributed by atoms with E-state index in [1.807, 2.05) is 0 Å². The van der Waals surface area contributed by atoms with E-state index in [9.17, 15) is 13.2 Å². The SMILES string of the molecule is Nc1cc(CN2CCC3(CC3)C2)cc(C(F)(F)F)c1N. The van der Waals surface area contributed by atoms with Crippen molar-refractivity contribution >= 4 is 11.4 Å². The molecular weight excluding hydrogens is 267 g/mol. The maximum absolute atomic E-state index is 12.9. The Morgan fingerprint density at radius 1 is 1.15 bits per heavy atom. The molecule has 110 valence electrons. The predicted octanol–water partition coefficient (Wildman–Crippen LogP) is 2.86. The average molecular weight is 285 g/mol. The molecule has 2 fully saturated rings. The van der Waals surface area contributed by atoms with Crippen molar-refractivity contribution in [3.8, 4) is 0 Å². The van der Waals surface area contributed by atoms with Crippen LogP contribution in [0.4, 0.5) is 24.5 Å². The fourth-order valence-electron chi connectivity index (χ4n) is 3.07. The summed E-state index contributed by atoms with van der Waals surface area (Å²) in [5.74, 6) is 0. The quantitative estimate of drug-likeness (QED) is 0.822. The van der Waals surface area contributed by atoms with Gasteiger partial charge in [0.05, 0.1) is 16.9 Å². The molecule has 2 aliphatic rings. The van der Waals surface area contributed by atoms with Crippen molar-refractivity contribution in [3.63, 3.8) is 0 Å². The van der Waals surface area contributed by atoms with Crippen molar-refractivity contribution in [1.29, 1.82) is 0 Å². The number of hydrogen-bond donors (Lipinski definition) is 2. The van der Waals surface area contributed by atoms with Crippen LogP contribution in [0.1, 0.15) is 30.4 Å². The second-order valence-electron chi connectivity index (χ2n) is 6.10. The average Bonchev–Trinajstić information content (AvgIpc) is 2.97. The van der Waals surface area contributed by atoms with Crippen molar-refractivity contribution in [2.24, 2.45) is 5.41 Å². The topological polar surface area (TPSA) is 55.3 Å². The minimum Gasteiger partial charge on any atom is -0.397 e. The molecule has 1 spiro atoms. The molecule has 1 aromatic carbocycles. The second-order valence-corrected chi connectivity index (χ2v) is 6.10. The Balaban J connectivity index is 1.81. The third-order valence-corrected chi connectivity index (χ3v) is 4.46. The molecule has 1 aliphatic carbocycles. The molecular formula is C14H18F3N3. The molecule has 1 aromatic rings. The van der Waals surface area contributed by atoms with E-state index in [1.54, 1.807) is 6.07 Å². The summed E-state index contributed by atoms with van der Waals surface area (Å²) in [5, 5.41) is 0. The first-order chi connectivity index (χ1) is 9.29. The van der Waals surface area contributed by atoms with Gasteiger partial charge in [0.2, 0.25) is 0 Å². The van der Waals surface area contributed by atoms with Crippen LogP contribution >= 0.6 is 0 Å². The molecule has 3 nitrogen and oxygen atoms in total. The zero-order valence-corrected chi connectivity index (χ0v) is 11.1. The van der Waals surface area contributed by atoms with Crippen molar-refractivity contribution in [2.75, 3.05) is 24.6 Å². The Labute approximate surface area is 115 Å². The van der Waals surface area contributed by atoms with E-state index in [1.165, 1.54) is 12.8 Å². The summed E-state index contributed by atoms with van der Waals surface area (Å²) < 4.78 is 38.7. The third kappa shape index (κ3) is 2.44. The first-order valence-electron chi connectivity index (χ1n) is 6.77. The molecule has 0 aromatic heterocycles. The lowest BCUT2D eigenvalue weighted by molar-refractivity contribution is -0.136. The Morgan fingerprint density at radius 3 is 2.40 bits per heavy atom. The first kappa shape index (κ1) is 13.5. The largest absolute Gasteiger partial charge is 0.418 e. The molecule has 0 bridgehead atoms. The van der Waals surface area contributed by atoms with E-state index in [0.29, 0.717) is 17.5 Å². The number of nitrogen functional groups attached to an aromatic ring is 2. The molecule has 20 heavy (non-hydrogen) atoms. The molecule has 0 radical (unpaired) electrons. The fraction of sp³-hybridized carbons (Fsp3) is 0.571. The monoisotopic (exact) mass is 285 g/mol. The van der Waals surface area contributed by atoms with Crippen LogP contribution in [0.15, 0.2) is 12.1 Å². The van der Waals surface area contributed by atoms with Crippen LogP contribution in [0.2, 0.25) is 0 Å². The van der Waals surface area contributed by atoms with E-state index in [0.717, 1.165) is 25.6 Å². The maximum atomic E-state index is 12.9. The van der Waals surface area contributed by atoms with Crippen LogP contribution in [0.25, 0.3) is 0 Å². The Hall–Kier alpha value is -1.43. The van der Waals surface area contributed by atoms with Crippen LogP contribution in [0.3, 0.4) is 0 Å². The van der Waals surface area contributed by atoms with Crippen LogP contribution in [-0.4, -0.2) is 18.0 Å². The minimum absolute atomic E-state index is 0.00940. The van der Waals surface area contributed by atoms with E-state index in [4.69, 9.17) is 11.5 Å². The lowest BCUT2D eigenvalue weighted by Gasteiger charge is -2.19. The van der Waals surface area contributed by atoms with E-state index in [2.05, 4.69) is 4.90 Å². The number of nitrogens with two attached hydrogens (primary N) is 2. The standard InChI is InChI=1S/C14H18F3N3/c15-14(16,17)10-5-9(6-11(18)12(10)19)7-20-4-3-13(8-20)1-2-13/h5-6H,1-4,7-8,18-19H2. The number of likely N-dealkylation sites (tertiary alicyclic amines) is 1. The predicted molar refractivity (Wildman–Crippen MR) is 71.8 cm³/mol. The van der Waals surface area contributed by atoms with Gasteiger partial charge in [0.25, 0.3) is 0 Å². The smallest absolute Gasteiger partial charge is 0.397 e. The van der Waals surface area contributed by atoms with Crippen molar-refractivity contribution in [3.05, 3.63) is 23.3 Å². The van der Waals surface area contributed by atoms with Crippen LogP contribution in [0.5, 0.6) is 0 Å². The Bertz CT molecular complexity index is 535. The summed E-state index contributed by atoms with van der Waals surface area (Å²) >= 11 is 0. The maximum Gasteiger partial charge on any atom is 0.418 e. The summed E-state index contributed by atoms with van der Waals surface area (Å²) in [6, 6.07) is 2.69. The zero-order valence-electron chi connectivity index (χ0n) is 11.1. The highest BCUT2D eigenvalue weighted by Crippen LogP contribution is 2.52. The number of anilines is 2. The molecule has 1 heterocycles. The lowest BCUT2D eigenvalue weighted by Crippen LogP contribution is -2.21. The molecule has 4 N–H and O–H groups in total. The molecule has 0 unspecified atom stereocenters. The fourth-order valence-corrected chi connectivity index (χ4v) is 3.07. The highest BCUT2D eigenvalue weighted by molar-refractivity contribution is 5.69. The highest BCUT2D eigenvalue weighted by atomic mass is 19.4. The molecule has 1 aliphatic heterocycles. The van der Waals surface area contributed by atoms with Crippen LogP contribution in [0, 0.1) is 5.41 Å². The summed E-state index contributed by atoms with van der Waals surface area (Å²) in [4.78, 5) is 2.21. The number of nitrogens with zero attached hydrogens (tertiary/aromatic N) is 1. The number of alkyl halides is 3. The van der Waals surface area contributed by atoms with Crippen molar-refractivity contribution in [2.45, 2.75) is 32.0 Å². The van der Waals surface area contributed by atoms with Gasteiger partial charge in [-0.25, -0.2) is 0 Å². The van der Waals surface area contributed by atoms with Gasteiger partial charge >= 0.3 is 6.18 Å². The highest BCUT2D eigenvalue weighted by Gasteiger charge is 2.47. The van der Waals surface area contributed by atoms with Gasteiger partial charge in [-0.1, -0.05) is 0 Å². The van der Waals surface area contributed by atoms with Gasteiger partial charge in [-0.2, -0.15) is 13.2 Å². The van der Waals surface area contributed by atoms with Gasteiger partial charge in [0.15, 0.2) is 0 Å². The van der Waals surface area contributed by atoms with Gasteiger partial charge in [-0.3, -0.25) is 4.90 Å². The Kier molecular flexibility index (Phi) is 2.90. The van der Waals surface area contributed by atoms with E-state index >= 15 is 0 Å². The van der Waals surface area contributed by atoms with Gasteiger partial charge in [0, 0.05) is 13.1 Å². The summed E-state index contributed by atoms with van der Waals surface area (Å²) in [6.45, 7) is 2.44. The van der Waals surface area contributed by atoms with Gasteiger partial charge in [-0.15, -0.1) is 0 Å². The van der Waals surface area contributed by atoms with Crippen LogP contribution < -0.4 is 11.5 Å². The number of hydrogen-bond acceptors (Lipinski definition) is 3. The lowest BCUT2D eigenvalue weighted by atomic mass is 10.1. The summed E-state index contributed by atoms with van der Waals surface area (Å²) in [6.07, 6.45) is -0.803. The molecule has 0 amide bonds. The number of halogens is 3. The molecule has 3 rings (SSSR count). The van der Waals surface area contributed by atoms with E-state index < -0.39 is 11.7 Å². The third-order valence-electron chi connectivity index (χ3n) is 4.46. The summed E-state index contributed by atoms with van der Waals surface area (Å²) in [7, 11) is 0. The second kappa shape index (κ2) is 4.28. The first-order valence-corrected chi connectivity index (χ1v) is 6.77. The zero-order chi connectivity index (χ0) is 14.5. The number of rotatable bonds is 2. The molecule has 1 saturated heterocycles. The van der Waals surface area contributed by atoms with Crippen molar-refractivity contribution < 1.29 is 13.2 Å². The van der Waals surface area contributed by atoms with Gasteiger partial charge < -0.3 is 11.5 Å². The minimum atomic E-state index is -4.46. The number of benzene rings is 1. The summed E-state index contributed by atoms with van der Waals surface area (Å²) in [5.41, 5.74) is 10.9. The molecule has 0 atom stereocenters. The van der Waals surface area contributed by atoms with Gasteiger partial charge in [-0.05, 0) is 48.9 Å².